The number of nitrogens with zero attached hydrogens (tertiary/aromatic N) is 2. The molecule has 0 bridgehead atoms. The maximum Gasteiger partial charge on any atom is 0.270 e. The summed E-state index contributed by atoms with van der Waals surface area (Å²) in [6, 6.07) is 6.93. The van der Waals surface area contributed by atoms with Crippen molar-refractivity contribution < 1.29 is 28.9 Å². The molecule has 0 saturated heterocycles. The molecule has 0 aliphatic rings. The zero-order chi connectivity index (χ0) is 25.3. The Hall–Kier alpha value is -4.02. The number of ether oxygens (including phenoxy) is 2. The predicted octanol–water partition coefficient (Wildman–Crippen LogP) is 4.68. The minimum Gasteiger partial charge on any atom is -0.496 e. The molecule has 0 aliphatic carbocycles. The predicted molar refractivity (Wildman–Crippen MR) is 123 cm³/mol. The Morgan fingerprint density at radius 2 is 1.47 bits per heavy atom. The van der Waals surface area contributed by atoms with Crippen LogP contribution in [0, 0.1) is 26.1 Å². The minimum absolute atomic E-state index is 0.0214. The summed E-state index contributed by atoms with van der Waals surface area (Å²) in [4.78, 5) is 46.6. The van der Waals surface area contributed by atoms with E-state index in [1.54, 1.807) is 0 Å². The van der Waals surface area contributed by atoms with Crippen LogP contribution >= 0.6 is 0 Å². The van der Waals surface area contributed by atoms with Crippen LogP contribution in [0.2, 0.25) is 0 Å². The highest BCUT2D eigenvalue weighted by Gasteiger charge is 2.24. The lowest BCUT2D eigenvalue weighted by Gasteiger charge is -2.17. The number of nitro benzene ring substituents is 2. The second-order valence-corrected chi connectivity index (χ2v) is 7.59. The Morgan fingerprint density at radius 1 is 0.941 bits per heavy atom. The molecule has 1 unspecified atom stereocenters. The number of methoxy groups -OCH3 is 1. The van der Waals surface area contributed by atoms with Crippen molar-refractivity contribution in [2.45, 2.75) is 39.5 Å². The molecule has 2 aromatic carbocycles. The van der Waals surface area contributed by atoms with Gasteiger partial charge in [0.25, 0.3) is 23.2 Å². The number of carbonyl (C=O) groups is 2. The van der Waals surface area contributed by atoms with Gasteiger partial charge < -0.3 is 9.47 Å². The number of carbonyl (C=O) groups excluding carboxylic acids is 2. The maximum absolute atomic E-state index is 12.9. The van der Waals surface area contributed by atoms with Crippen molar-refractivity contribution in [3.63, 3.8) is 0 Å². The third-order valence-electron chi connectivity index (χ3n) is 5.30. The van der Waals surface area contributed by atoms with E-state index >= 15 is 0 Å². The normalized spacial score (nSPS) is 11.4. The highest BCUT2D eigenvalue weighted by molar-refractivity contribution is 6.12. The minimum atomic E-state index is -0.961. The average Bonchev–Trinajstić information content (AvgIpc) is 2.83. The zero-order valence-corrected chi connectivity index (χ0v) is 19.2. The summed E-state index contributed by atoms with van der Waals surface area (Å²) in [5, 5.41) is 24.4. The lowest BCUT2D eigenvalue weighted by molar-refractivity contribution is -0.385. The first-order valence-corrected chi connectivity index (χ1v) is 10.8. The van der Waals surface area contributed by atoms with Gasteiger partial charge in [-0.1, -0.05) is 33.1 Å². The van der Waals surface area contributed by atoms with Crippen molar-refractivity contribution in [2.75, 3.05) is 13.7 Å². The number of benzene rings is 2. The van der Waals surface area contributed by atoms with E-state index < -0.39 is 21.7 Å². The van der Waals surface area contributed by atoms with Gasteiger partial charge >= 0.3 is 0 Å². The van der Waals surface area contributed by atoms with Crippen molar-refractivity contribution in [3.8, 4) is 11.5 Å². The van der Waals surface area contributed by atoms with Crippen LogP contribution in [-0.4, -0.2) is 35.4 Å². The van der Waals surface area contributed by atoms with E-state index in [-0.39, 0.29) is 39.9 Å². The van der Waals surface area contributed by atoms with Crippen LogP contribution in [0.4, 0.5) is 11.4 Å². The van der Waals surface area contributed by atoms with Crippen LogP contribution in [-0.2, 0) is 0 Å². The third-order valence-corrected chi connectivity index (χ3v) is 5.30. The first-order chi connectivity index (χ1) is 16.2. The smallest absolute Gasteiger partial charge is 0.270 e. The fourth-order valence-electron chi connectivity index (χ4n) is 3.27. The monoisotopic (exact) mass is 473 g/mol. The van der Waals surface area contributed by atoms with E-state index in [1.165, 1.54) is 25.3 Å². The van der Waals surface area contributed by atoms with Crippen molar-refractivity contribution in [3.05, 3.63) is 67.8 Å². The van der Waals surface area contributed by atoms with E-state index in [2.05, 4.69) is 12.2 Å². The van der Waals surface area contributed by atoms with Crippen LogP contribution in [0.5, 0.6) is 11.5 Å². The lowest BCUT2D eigenvalue weighted by Crippen LogP contribution is -2.31. The molecule has 1 N–H and O–H groups in total. The maximum atomic E-state index is 12.9. The average molecular weight is 473 g/mol. The summed E-state index contributed by atoms with van der Waals surface area (Å²) < 4.78 is 10.9. The van der Waals surface area contributed by atoms with Gasteiger partial charge in [0.15, 0.2) is 0 Å². The summed E-state index contributed by atoms with van der Waals surface area (Å²) in [6.07, 6.45) is 3.85. The molecule has 2 rings (SSSR count). The van der Waals surface area contributed by atoms with Gasteiger partial charge in [-0.25, -0.2) is 0 Å². The number of nitro groups is 2. The topological polar surface area (TPSA) is 151 Å². The molecular weight excluding hydrogens is 446 g/mol. The van der Waals surface area contributed by atoms with Gasteiger partial charge in [-0.3, -0.25) is 35.1 Å². The van der Waals surface area contributed by atoms with E-state index in [4.69, 9.17) is 9.47 Å². The first-order valence-electron chi connectivity index (χ1n) is 10.8. The summed E-state index contributed by atoms with van der Waals surface area (Å²) >= 11 is 0. The van der Waals surface area contributed by atoms with Gasteiger partial charge in [-0.15, -0.1) is 0 Å². The highest BCUT2D eigenvalue weighted by atomic mass is 16.6. The van der Waals surface area contributed by atoms with Gasteiger partial charge in [0.2, 0.25) is 0 Å². The molecule has 2 aromatic rings. The summed E-state index contributed by atoms with van der Waals surface area (Å²) in [5.74, 6) is -1.55. The molecular formula is C23H27N3O8. The standard InChI is InChI=1S/C23H27N3O8/c1-4-6-7-15(5-2)14-34-21-11-9-17(26(31)32)13-19(21)23(28)24-22(27)18-12-16(25(29)30)8-10-20(18)33-3/h8-13,15H,4-7,14H2,1-3H3,(H,24,27,28). The number of imide groups is 1. The SMILES string of the molecule is CCCCC(CC)COc1ccc([N+](=O)[O-])cc1C(=O)NC(=O)c1cc([N+](=O)[O-])ccc1OC. The molecule has 1 atom stereocenters. The number of hydrogen-bond acceptors (Lipinski definition) is 8. The number of rotatable bonds is 12. The fourth-order valence-corrected chi connectivity index (χ4v) is 3.27. The fraction of sp³-hybridized carbons (Fsp3) is 0.391. The van der Waals surface area contributed by atoms with Crippen LogP contribution in [0.25, 0.3) is 0 Å². The second kappa shape index (κ2) is 12.3. The molecule has 182 valence electrons. The molecule has 2 amide bonds. The van der Waals surface area contributed by atoms with Crippen LogP contribution in [0.1, 0.15) is 60.2 Å². The molecule has 0 spiro atoms. The Balaban J connectivity index is 2.32. The van der Waals surface area contributed by atoms with Gasteiger partial charge in [0.1, 0.15) is 11.5 Å². The van der Waals surface area contributed by atoms with Crippen LogP contribution in [0.15, 0.2) is 36.4 Å². The number of nitrogens with one attached hydrogen (secondary N) is 1. The Kier molecular flexibility index (Phi) is 9.48. The number of unbranched alkanes of at least 4 members (excludes halogenated alkanes) is 1. The second-order valence-electron chi connectivity index (χ2n) is 7.59. The molecule has 0 aliphatic heterocycles. The Morgan fingerprint density at radius 3 is 1.94 bits per heavy atom. The zero-order valence-electron chi connectivity index (χ0n) is 19.2. The van der Waals surface area contributed by atoms with Gasteiger partial charge in [0.05, 0.1) is 34.7 Å². The quantitative estimate of drug-likeness (QED) is 0.265. The first kappa shape index (κ1) is 26.2. The molecule has 0 fully saturated rings. The molecule has 11 nitrogen and oxygen atoms in total. The van der Waals surface area contributed by atoms with Gasteiger partial charge in [0, 0.05) is 24.3 Å². The van der Waals surface area contributed by atoms with E-state index in [1.807, 2.05) is 6.92 Å². The molecule has 0 aromatic heterocycles. The van der Waals surface area contributed by atoms with Gasteiger partial charge in [-0.2, -0.15) is 0 Å². The number of amides is 2. The Bertz CT molecular complexity index is 1070. The summed E-state index contributed by atoms with van der Waals surface area (Å²) in [6.45, 7) is 4.42. The van der Waals surface area contributed by atoms with Crippen molar-refractivity contribution in [1.82, 2.24) is 5.32 Å². The van der Waals surface area contributed by atoms with E-state index in [9.17, 15) is 29.8 Å². The van der Waals surface area contributed by atoms with Crippen molar-refractivity contribution in [1.29, 1.82) is 0 Å². The lowest BCUT2D eigenvalue weighted by atomic mass is 10.0. The highest BCUT2D eigenvalue weighted by Crippen LogP contribution is 2.27. The van der Waals surface area contributed by atoms with Crippen molar-refractivity contribution in [2.24, 2.45) is 5.92 Å². The summed E-state index contributed by atoms with van der Waals surface area (Å²) in [5.41, 5.74) is -1.15. The number of hydrogen-bond donors (Lipinski definition) is 1. The van der Waals surface area contributed by atoms with Gasteiger partial charge in [-0.05, 0) is 24.5 Å². The van der Waals surface area contributed by atoms with Crippen molar-refractivity contribution >= 4 is 23.2 Å². The molecule has 11 heteroatoms. The molecule has 0 heterocycles. The summed E-state index contributed by atoms with van der Waals surface area (Å²) in [7, 11) is 1.27. The third kappa shape index (κ3) is 6.74. The van der Waals surface area contributed by atoms with Crippen LogP contribution < -0.4 is 14.8 Å². The molecule has 0 radical (unpaired) electrons. The largest absolute Gasteiger partial charge is 0.496 e. The molecule has 0 saturated carbocycles. The molecule has 34 heavy (non-hydrogen) atoms. The van der Waals surface area contributed by atoms with Crippen LogP contribution in [0.3, 0.4) is 0 Å². The van der Waals surface area contributed by atoms with E-state index in [0.717, 1.165) is 43.9 Å². The number of non-ortho nitro benzene ring substituents is 2. The van der Waals surface area contributed by atoms with E-state index in [0.29, 0.717) is 6.61 Å². The Labute approximate surface area is 196 Å².